The summed E-state index contributed by atoms with van der Waals surface area (Å²) >= 11 is 1.20. The normalized spacial score (nSPS) is 16.9. The minimum Gasteiger partial charge on any atom is -0.507 e. The van der Waals surface area contributed by atoms with Crippen molar-refractivity contribution in [2.24, 2.45) is 0 Å². The van der Waals surface area contributed by atoms with Gasteiger partial charge in [-0.25, -0.2) is 9.37 Å². The number of halogens is 1. The summed E-state index contributed by atoms with van der Waals surface area (Å²) < 4.78 is 30.5. The van der Waals surface area contributed by atoms with Gasteiger partial charge in [-0.15, -0.1) is 0 Å². The minimum absolute atomic E-state index is 0.181. The van der Waals surface area contributed by atoms with Crippen LogP contribution in [0, 0.1) is 5.82 Å². The summed E-state index contributed by atoms with van der Waals surface area (Å²) in [6, 6.07) is 14.1. The number of thiazole rings is 1. The van der Waals surface area contributed by atoms with Crippen LogP contribution in [0.4, 0.5) is 9.52 Å². The van der Waals surface area contributed by atoms with Crippen molar-refractivity contribution in [1.29, 1.82) is 0 Å². The summed E-state index contributed by atoms with van der Waals surface area (Å²) in [6.45, 7) is 0. The van der Waals surface area contributed by atoms with Crippen LogP contribution in [0.2, 0.25) is 0 Å². The number of carbonyl (C=O) groups is 2. The quantitative estimate of drug-likeness (QED) is 0.215. The number of benzene rings is 3. The smallest absolute Gasteiger partial charge is 0.301 e. The average Bonchev–Trinajstić information content (AvgIpc) is 3.45. The Morgan fingerprint density at radius 2 is 1.62 bits per heavy atom. The van der Waals surface area contributed by atoms with Crippen LogP contribution in [0.25, 0.3) is 16.0 Å². The van der Waals surface area contributed by atoms with E-state index in [1.165, 1.54) is 42.6 Å². The zero-order valence-corrected chi connectivity index (χ0v) is 20.8. The molecule has 1 saturated heterocycles. The molecule has 1 fully saturated rings. The summed E-state index contributed by atoms with van der Waals surface area (Å²) in [7, 11) is 4.50. The van der Waals surface area contributed by atoms with Crippen molar-refractivity contribution >= 4 is 44.1 Å². The first-order chi connectivity index (χ1) is 17.9. The van der Waals surface area contributed by atoms with Gasteiger partial charge >= 0.3 is 5.91 Å². The Hall–Kier alpha value is -4.44. The number of anilines is 1. The van der Waals surface area contributed by atoms with Crippen LogP contribution >= 0.6 is 11.3 Å². The number of aliphatic hydroxyl groups excluding tert-OH is 1. The summed E-state index contributed by atoms with van der Waals surface area (Å²) in [5.74, 6) is -1.29. The number of ketones is 1. The van der Waals surface area contributed by atoms with Gasteiger partial charge in [-0.05, 0) is 60.7 Å². The molecule has 8 nitrogen and oxygen atoms in total. The van der Waals surface area contributed by atoms with E-state index in [-0.39, 0.29) is 16.3 Å². The van der Waals surface area contributed by atoms with Crippen LogP contribution in [0.3, 0.4) is 0 Å². The molecule has 188 valence electrons. The second-order valence-electron chi connectivity index (χ2n) is 8.11. The Kier molecular flexibility index (Phi) is 6.26. The topological polar surface area (TPSA) is 98.2 Å². The van der Waals surface area contributed by atoms with Gasteiger partial charge in [-0.3, -0.25) is 14.5 Å². The first kappa shape index (κ1) is 24.3. The van der Waals surface area contributed by atoms with Gasteiger partial charge in [0.2, 0.25) is 0 Å². The highest BCUT2D eigenvalue weighted by atomic mass is 32.1. The van der Waals surface area contributed by atoms with Crippen molar-refractivity contribution in [2.45, 2.75) is 6.04 Å². The molecule has 0 unspecified atom stereocenters. The molecule has 0 spiro atoms. The van der Waals surface area contributed by atoms with Crippen molar-refractivity contribution in [3.8, 4) is 17.2 Å². The number of aliphatic hydroxyl groups is 1. The van der Waals surface area contributed by atoms with Gasteiger partial charge < -0.3 is 19.3 Å². The Labute approximate surface area is 215 Å². The largest absolute Gasteiger partial charge is 0.507 e. The summed E-state index contributed by atoms with van der Waals surface area (Å²) in [4.78, 5) is 32.7. The van der Waals surface area contributed by atoms with Crippen LogP contribution in [-0.2, 0) is 9.59 Å². The maximum absolute atomic E-state index is 13.6. The fourth-order valence-corrected chi connectivity index (χ4v) is 5.28. The number of amides is 1. The lowest BCUT2D eigenvalue weighted by Crippen LogP contribution is -2.29. The third-order valence-corrected chi connectivity index (χ3v) is 7.10. The SMILES string of the molecule is COc1ccc(OC)c([C@H]2C(=C(O)c3ccc(F)cc3)C(=O)C(=O)N2c2nc3ccc(OC)cc3s2)c1. The molecular weight excluding hydrogens is 499 g/mol. The molecule has 37 heavy (non-hydrogen) atoms. The van der Waals surface area contributed by atoms with E-state index in [9.17, 15) is 19.1 Å². The van der Waals surface area contributed by atoms with Crippen molar-refractivity contribution in [3.63, 3.8) is 0 Å². The van der Waals surface area contributed by atoms with Crippen LogP contribution in [0.1, 0.15) is 17.2 Å². The number of fused-ring (bicyclic) bond motifs is 1. The first-order valence-electron chi connectivity index (χ1n) is 11.1. The standard InChI is InChI=1S/C27H21FN2O6S/c1-34-16-9-11-20(36-3)18(12-16)23-22(24(31)14-4-6-15(28)7-5-14)25(32)26(33)30(23)27-29-19-10-8-17(35-2)13-21(19)37-27/h4-13,23,31H,1-3H3/t23-/m0/s1. The van der Waals surface area contributed by atoms with E-state index in [2.05, 4.69) is 4.98 Å². The van der Waals surface area contributed by atoms with Crippen molar-refractivity contribution in [3.05, 3.63) is 83.2 Å². The molecule has 0 saturated carbocycles. The van der Waals surface area contributed by atoms with Crippen LogP contribution in [0.15, 0.2) is 66.2 Å². The summed E-state index contributed by atoms with van der Waals surface area (Å²) in [6.07, 6.45) is 0. The number of methoxy groups -OCH3 is 3. The van der Waals surface area contributed by atoms with E-state index in [1.807, 2.05) is 0 Å². The van der Waals surface area contributed by atoms with E-state index in [0.717, 1.165) is 16.8 Å². The first-order valence-corrected chi connectivity index (χ1v) is 11.9. The molecule has 0 bridgehead atoms. The van der Waals surface area contributed by atoms with E-state index in [4.69, 9.17) is 14.2 Å². The van der Waals surface area contributed by atoms with E-state index in [1.54, 1.807) is 43.5 Å². The second kappa shape index (κ2) is 9.55. The lowest BCUT2D eigenvalue weighted by Gasteiger charge is -2.25. The maximum atomic E-state index is 13.6. The molecule has 1 amide bonds. The van der Waals surface area contributed by atoms with Gasteiger partial charge in [0.15, 0.2) is 5.13 Å². The second-order valence-corrected chi connectivity index (χ2v) is 9.12. The number of carbonyl (C=O) groups excluding carboxylic acids is 2. The highest BCUT2D eigenvalue weighted by molar-refractivity contribution is 7.22. The predicted molar refractivity (Wildman–Crippen MR) is 137 cm³/mol. The van der Waals surface area contributed by atoms with Gasteiger partial charge in [0, 0.05) is 11.1 Å². The van der Waals surface area contributed by atoms with Crippen LogP contribution in [-0.4, -0.2) is 43.1 Å². The minimum atomic E-state index is -1.10. The number of hydrogen-bond donors (Lipinski definition) is 1. The van der Waals surface area contributed by atoms with Gasteiger partial charge in [-0.2, -0.15) is 0 Å². The number of ether oxygens (including phenoxy) is 3. The average molecular weight is 521 g/mol. The zero-order valence-electron chi connectivity index (χ0n) is 20.0. The van der Waals surface area contributed by atoms with E-state index >= 15 is 0 Å². The molecule has 1 aliphatic rings. The molecule has 0 radical (unpaired) electrons. The number of hydrogen-bond acceptors (Lipinski definition) is 8. The van der Waals surface area contributed by atoms with Crippen LogP contribution < -0.4 is 19.1 Å². The molecule has 10 heteroatoms. The van der Waals surface area contributed by atoms with Crippen LogP contribution in [0.5, 0.6) is 17.2 Å². The molecule has 4 aromatic rings. The lowest BCUT2D eigenvalue weighted by atomic mass is 9.94. The fourth-order valence-electron chi connectivity index (χ4n) is 4.26. The summed E-state index contributed by atoms with van der Waals surface area (Å²) in [5.41, 5.74) is 1.01. The Bertz CT molecular complexity index is 1560. The maximum Gasteiger partial charge on any atom is 0.301 e. The van der Waals surface area contributed by atoms with Gasteiger partial charge in [0.1, 0.15) is 34.9 Å². The number of rotatable bonds is 6. The molecule has 1 aromatic heterocycles. The number of nitrogens with zero attached hydrogens (tertiary/aromatic N) is 2. The van der Waals surface area contributed by atoms with Crippen molar-refractivity contribution < 1.29 is 33.3 Å². The molecule has 3 aromatic carbocycles. The third-order valence-electron chi connectivity index (χ3n) is 6.08. The summed E-state index contributed by atoms with van der Waals surface area (Å²) in [5, 5.41) is 11.5. The molecule has 0 aliphatic carbocycles. The van der Waals surface area contributed by atoms with E-state index < -0.39 is 29.3 Å². The predicted octanol–water partition coefficient (Wildman–Crippen LogP) is 5.09. The third kappa shape index (κ3) is 4.15. The van der Waals surface area contributed by atoms with Crippen molar-refractivity contribution in [1.82, 2.24) is 4.98 Å². The fraction of sp³-hybridized carbons (Fsp3) is 0.148. The van der Waals surface area contributed by atoms with Gasteiger partial charge in [0.25, 0.3) is 5.78 Å². The lowest BCUT2D eigenvalue weighted by molar-refractivity contribution is -0.132. The number of Topliss-reactive ketones (excluding diaryl/α,β-unsaturated/α-hetero) is 1. The molecule has 1 aliphatic heterocycles. The monoisotopic (exact) mass is 520 g/mol. The highest BCUT2D eigenvalue weighted by Crippen LogP contribution is 2.47. The number of aromatic nitrogens is 1. The Balaban J connectivity index is 1.77. The van der Waals surface area contributed by atoms with E-state index in [0.29, 0.717) is 28.3 Å². The Morgan fingerprint density at radius 1 is 0.946 bits per heavy atom. The molecule has 1 atom stereocenters. The van der Waals surface area contributed by atoms with Gasteiger partial charge in [-0.1, -0.05) is 11.3 Å². The molecular formula is C27H21FN2O6S. The van der Waals surface area contributed by atoms with Crippen molar-refractivity contribution in [2.75, 3.05) is 26.2 Å². The molecule has 5 rings (SSSR count). The molecule has 1 N–H and O–H groups in total. The highest BCUT2D eigenvalue weighted by Gasteiger charge is 2.49. The Morgan fingerprint density at radius 3 is 2.30 bits per heavy atom. The van der Waals surface area contributed by atoms with Gasteiger partial charge in [0.05, 0.1) is 37.1 Å². The zero-order chi connectivity index (χ0) is 26.3. The molecule has 2 heterocycles.